The summed E-state index contributed by atoms with van der Waals surface area (Å²) >= 11 is 0. The molecule has 0 N–H and O–H groups in total. The van der Waals surface area contributed by atoms with Crippen LogP contribution in [-0.4, -0.2) is 59.8 Å². The van der Waals surface area contributed by atoms with Crippen molar-refractivity contribution in [1.29, 1.82) is 0 Å². The zero-order valence-electron chi connectivity index (χ0n) is 13.9. The van der Waals surface area contributed by atoms with Crippen molar-refractivity contribution in [2.45, 2.75) is 49.9 Å². The van der Waals surface area contributed by atoms with Crippen molar-refractivity contribution in [3.8, 4) is 0 Å². The molecule has 2 unspecified atom stereocenters. The zero-order chi connectivity index (χ0) is 16.6. The van der Waals surface area contributed by atoms with E-state index < -0.39 is 5.67 Å². The van der Waals surface area contributed by atoms with Crippen LogP contribution >= 0.6 is 0 Å². The molecule has 24 heavy (non-hydrogen) atoms. The normalized spacial score (nSPS) is 29.4. The van der Waals surface area contributed by atoms with E-state index in [1.807, 2.05) is 12.3 Å². The highest BCUT2D eigenvalue weighted by Gasteiger charge is 2.48. The Hall–Kier alpha value is -1.69. The van der Waals surface area contributed by atoms with Crippen molar-refractivity contribution in [3.63, 3.8) is 0 Å². The first-order valence-electron chi connectivity index (χ1n) is 8.94. The van der Waals surface area contributed by atoms with Gasteiger partial charge < -0.3 is 14.5 Å². The van der Waals surface area contributed by atoms with E-state index in [0.29, 0.717) is 32.5 Å². The van der Waals surface area contributed by atoms with Crippen molar-refractivity contribution in [3.05, 3.63) is 24.5 Å². The first-order valence-corrected chi connectivity index (χ1v) is 8.94. The summed E-state index contributed by atoms with van der Waals surface area (Å²) < 4.78 is 20.5. The average Bonchev–Trinajstić information content (AvgIpc) is 2.82. The average molecular weight is 333 g/mol. The number of carbonyl (C=O) groups excluding carboxylic acids is 1. The highest BCUT2D eigenvalue weighted by atomic mass is 19.1. The van der Waals surface area contributed by atoms with Crippen molar-refractivity contribution >= 4 is 11.6 Å². The molecule has 0 bridgehead atoms. The van der Waals surface area contributed by atoms with Crippen LogP contribution in [0.5, 0.6) is 0 Å². The zero-order valence-corrected chi connectivity index (χ0v) is 13.9. The smallest absolute Gasteiger partial charge is 0.260 e. The van der Waals surface area contributed by atoms with Gasteiger partial charge in [-0.15, -0.1) is 0 Å². The SMILES string of the molecule is O=C(N1CCC2OCCN(c3cccnc3)C2CC1)C1(F)CCC1. The van der Waals surface area contributed by atoms with Crippen molar-refractivity contribution in [1.82, 2.24) is 9.88 Å². The molecule has 2 atom stereocenters. The van der Waals surface area contributed by atoms with Crippen LogP contribution in [0.3, 0.4) is 0 Å². The van der Waals surface area contributed by atoms with Gasteiger partial charge in [0.25, 0.3) is 5.91 Å². The van der Waals surface area contributed by atoms with E-state index in [4.69, 9.17) is 4.74 Å². The summed E-state index contributed by atoms with van der Waals surface area (Å²) in [6.07, 6.45) is 6.90. The van der Waals surface area contributed by atoms with Crippen LogP contribution in [0, 0.1) is 0 Å². The molecule has 2 aliphatic heterocycles. The third kappa shape index (κ3) is 2.77. The molecule has 5 nitrogen and oxygen atoms in total. The van der Waals surface area contributed by atoms with Crippen molar-refractivity contribution < 1.29 is 13.9 Å². The molecule has 1 aliphatic carbocycles. The standard InChI is InChI=1S/C18H24FN3O2/c19-18(6-2-7-18)17(23)21-9-4-15-16(5-10-21)24-12-11-22(15)14-3-1-8-20-13-14/h1,3,8,13,15-16H,2,4-7,9-12H2. The largest absolute Gasteiger partial charge is 0.374 e. The lowest BCUT2D eigenvalue weighted by atomic mass is 9.81. The van der Waals surface area contributed by atoms with Gasteiger partial charge in [0.2, 0.25) is 0 Å². The maximum atomic E-state index is 14.5. The predicted octanol–water partition coefficient (Wildman–Crippen LogP) is 2.17. The fraction of sp³-hybridized carbons (Fsp3) is 0.667. The van der Waals surface area contributed by atoms with Gasteiger partial charge in [0.05, 0.1) is 30.6 Å². The Morgan fingerprint density at radius 1 is 1.29 bits per heavy atom. The maximum absolute atomic E-state index is 14.5. The Balaban J connectivity index is 1.49. The summed E-state index contributed by atoms with van der Waals surface area (Å²) in [5, 5.41) is 0. The number of nitrogens with zero attached hydrogens (tertiary/aromatic N) is 3. The molecule has 4 rings (SSSR count). The molecule has 1 aromatic rings. The molecular formula is C18H24FN3O2. The number of amides is 1. The minimum atomic E-state index is -1.60. The molecule has 1 amide bonds. The number of rotatable bonds is 2. The third-order valence-electron chi connectivity index (χ3n) is 5.67. The highest BCUT2D eigenvalue weighted by molar-refractivity contribution is 5.86. The molecule has 3 aliphatic rings. The number of hydrogen-bond acceptors (Lipinski definition) is 4. The first kappa shape index (κ1) is 15.8. The van der Waals surface area contributed by atoms with Crippen LogP contribution in [0.4, 0.5) is 10.1 Å². The Kier molecular flexibility index (Phi) is 4.16. The second kappa shape index (κ2) is 6.31. The Bertz CT molecular complexity index is 593. The molecule has 0 spiro atoms. The molecule has 3 heterocycles. The van der Waals surface area contributed by atoms with E-state index in [-0.39, 0.29) is 18.1 Å². The Morgan fingerprint density at radius 2 is 2.12 bits per heavy atom. The number of likely N-dealkylation sites (tertiary alicyclic amines) is 1. The fourth-order valence-electron chi connectivity index (χ4n) is 4.11. The predicted molar refractivity (Wildman–Crippen MR) is 88.6 cm³/mol. The summed E-state index contributed by atoms with van der Waals surface area (Å²) in [7, 11) is 0. The van der Waals surface area contributed by atoms with Crippen LogP contribution in [-0.2, 0) is 9.53 Å². The lowest BCUT2D eigenvalue weighted by molar-refractivity contribution is -0.149. The van der Waals surface area contributed by atoms with E-state index in [1.165, 1.54) is 0 Å². The van der Waals surface area contributed by atoms with Gasteiger partial charge in [-0.25, -0.2) is 4.39 Å². The van der Waals surface area contributed by atoms with Crippen LogP contribution in [0.2, 0.25) is 0 Å². The number of halogens is 1. The van der Waals surface area contributed by atoms with E-state index in [9.17, 15) is 9.18 Å². The minimum absolute atomic E-state index is 0.0914. The van der Waals surface area contributed by atoms with Crippen LogP contribution in [0.25, 0.3) is 0 Å². The lowest BCUT2D eigenvalue weighted by Crippen LogP contribution is -2.51. The summed E-state index contributed by atoms with van der Waals surface area (Å²) in [4.78, 5) is 20.8. The number of alkyl halides is 1. The summed E-state index contributed by atoms with van der Waals surface area (Å²) in [6, 6.07) is 4.22. The Morgan fingerprint density at radius 3 is 2.83 bits per heavy atom. The van der Waals surface area contributed by atoms with Gasteiger partial charge >= 0.3 is 0 Å². The molecular weight excluding hydrogens is 309 g/mol. The molecule has 0 radical (unpaired) electrons. The summed E-state index contributed by atoms with van der Waals surface area (Å²) in [5.41, 5.74) is -0.504. The van der Waals surface area contributed by atoms with Crippen LogP contribution < -0.4 is 4.90 Å². The van der Waals surface area contributed by atoms with E-state index in [2.05, 4.69) is 16.0 Å². The van der Waals surface area contributed by atoms with Gasteiger partial charge in [-0.1, -0.05) is 0 Å². The number of carbonyl (C=O) groups is 1. The molecule has 0 aromatic carbocycles. The topological polar surface area (TPSA) is 45.7 Å². The number of anilines is 1. The number of pyridine rings is 1. The number of ether oxygens (including phenoxy) is 1. The Labute approximate surface area is 141 Å². The number of fused-ring (bicyclic) bond motifs is 1. The lowest BCUT2D eigenvalue weighted by Gasteiger charge is -2.41. The number of hydrogen-bond donors (Lipinski definition) is 0. The van der Waals surface area contributed by atoms with Gasteiger partial charge in [0.15, 0.2) is 5.67 Å². The highest BCUT2D eigenvalue weighted by Crippen LogP contribution is 2.38. The summed E-state index contributed by atoms with van der Waals surface area (Å²) in [5.74, 6) is -0.305. The van der Waals surface area contributed by atoms with Gasteiger partial charge in [0, 0.05) is 25.8 Å². The van der Waals surface area contributed by atoms with Gasteiger partial charge in [-0.3, -0.25) is 9.78 Å². The maximum Gasteiger partial charge on any atom is 0.260 e. The van der Waals surface area contributed by atoms with Crippen LogP contribution in [0.15, 0.2) is 24.5 Å². The molecule has 2 saturated heterocycles. The van der Waals surface area contributed by atoms with E-state index >= 15 is 0 Å². The van der Waals surface area contributed by atoms with Crippen LogP contribution in [0.1, 0.15) is 32.1 Å². The number of morpholine rings is 1. The molecule has 3 fully saturated rings. The number of aromatic nitrogens is 1. The minimum Gasteiger partial charge on any atom is -0.374 e. The van der Waals surface area contributed by atoms with Gasteiger partial charge in [0.1, 0.15) is 0 Å². The first-order chi connectivity index (χ1) is 11.7. The van der Waals surface area contributed by atoms with E-state index in [1.54, 1.807) is 11.1 Å². The van der Waals surface area contributed by atoms with Crippen molar-refractivity contribution in [2.24, 2.45) is 0 Å². The quantitative estimate of drug-likeness (QED) is 0.832. The van der Waals surface area contributed by atoms with E-state index in [0.717, 1.165) is 31.5 Å². The molecule has 1 aromatic heterocycles. The van der Waals surface area contributed by atoms with Gasteiger partial charge in [-0.05, 0) is 44.2 Å². The van der Waals surface area contributed by atoms with Crippen molar-refractivity contribution in [2.75, 3.05) is 31.1 Å². The van der Waals surface area contributed by atoms with Gasteiger partial charge in [-0.2, -0.15) is 0 Å². The summed E-state index contributed by atoms with van der Waals surface area (Å²) in [6.45, 7) is 2.70. The second-order valence-electron chi connectivity index (χ2n) is 7.07. The third-order valence-corrected chi connectivity index (χ3v) is 5.67. The second-order valence-corrected chi connectivity index (χ2v) is 7.07. The molecule has 1 saturated carbocycles. The fourth-order valence-corrected chi connectivity index (χ4v) is 4.11. The molecule has 6 heteroatoms. The monoisotopic (exact) mass is 333 g/mol. The molecule has 130 valence electrons.